The van der Waals surface area contributed by atoms with Crippen LogP contribution in [0, 0.1) is 5.92 Å². The van der Waals surface area contributed by atoms with E-state index in [2.05, 4.69) is 29.4 Å². The summed E-state index contributed by atoms with van der Waals surface area (Å²) in [5.74, 6) is 1.29. The Kier molecular flexibility index (Phi) is 9.67. The first kappa shape index (κ1) is 28.7. The van der Waals surface area contributed by atoms with Crippen LogP contribution < -0.4 is 15.5 Å². The van der Waals surface area contributed by atoms with Gasteiger partial charge in [0.15, 0.2) is 5.11 Å². The summed E-state index contributed by atoms with van der Waals surface area (Å²) in [4.78, 5) is 28.8. The lowest BCUT2D eigenvalue weighted by atomic mass is 10.1. The molecule has 0 saturated carbocycles. The Morgan fingerprint density at radius 2 is 1.67 bits per heavy atom. The second kappa shape index (κ2) is 13.2. The van der Waals surface area contributed by atoms with Crippen LogP contribution in [0.3, 0.4) is 0 Å². The molecule has 1 aliphatic heterocycles. The van der Waals surface area contributed by atoms with E-state index in [1.807, 2.05) is 29.2 Å². The molecular weight excluding hydrogens is 555 g/mol. The van der Waals surface area contributed by atoms with E-state index in [1.165, 1.54) is 6.08 Å². The van der Waals surface area contributed by atoms with Crippen LogP contribution in [0.1, 0.15) is 26.0 Å². The van der Waals surface area contributed by atoms with Crippen molar-refractivity contribution in [2.45, 2.75) is 20.3 Å². The van der Waals surface area contributed by atoms with E-state index in [-0.39, 0.29) is 11.0 Å². The van der Waals surface area contributed by atoms with Crippen molar-refractivity contribution in [2.24, 2.45) is 5.92 Å². The lowest BCUT2D eigenvalue weighted by molar-refractivity contribution is -0.132. The molecule has 4 rings (SSSR count). The van der Waals surface area contributed by atoms with Crippen molar-refractivity contribution in [1.29, 1.82) is 0 Å². The van der Waals surface area contributed by atoms with E-state index in [0.29, 0.717) is 33.9 Å². The molecule has 0 radical (unpaired) electrons. The van der Waals surface area contributed by atoms with E-state index in [4.69, 9.17) is 39.8 Å². The maximum absolute atomic E-state index is 12.3. The summed E-state index contributed by atoms with van der Waals surface area (Å²) in [6, 6.07) is 16.5. The number of hydrogen-bond acceptors (Lipinski definition) is 5. The number of carbonyl (C=O) groups is 2. The number of rotatable bonds is 7. The molecule has 7 nitrogen and oxygen atoms in total. The van der Waals surface area contributed by atoms with Gasteiger partial charge in [0, 0.05) is 65.7 Å². The number of hydrogen-bond donors (Lipinski definition) is 2. The van der Waals surface area contributed by atoms with Crippen LogP contribution in [0.2, 0.25) is 10.0 Å². The first-order valence-electron chi connectivity index (χ1n) is 12.7. The first-order valence-corrected chi connectivity index (χ1v) is 13.8. The summed E-state index contributed by atoms with van der Waals surface area (Å²) in [5.41, 5.74) is 2.58. The lowest BCUT2D eigenvalue weighted by Gasteiger charge is -2.36. The highest BCUT2D eigenvalue weighted by molar-refractivity contribution is 7.80. The minimum atomic E-state index is -0.391. The second-order valence-electron chi connectivity index (χ2n) is 9.65. The van der Waals surface area contributed by atoms with E-state index >= 15 is 0 Å². The summed E-state index contributed by atoms with van der Waals surface area (Å²) in [6.07, 6.45) is 3.49. The van der Waals surface area contributed by atoms with Crippen molar-refractivity contribution < 1.29 is 14.0 Å². The van der Waals surface area contributed by atoms with Gasteiger partial charge in [0.05, 0.1) is 0 Å². The van der Waals surface area contributed by atoms with Gasteiger partial charge in [-0.05, 0) is 78.8 Å². The molecule has 1 aromatic heterocycles. The van der Waals surface area contributed by atoms with Gasteiger partial charge in [-0.3, -0.25) is 14.9 Å². The number of furan rings is 1. The minimum Gasteiger partial charge on any atom is -0.457 e. The van der Waals surface area contributed by atoms with Crippen molar-refractivity contribution in [3.63, 3.8) is 0 Å². The topological polar surface area (TPSA) is 77.8 Å². The van der Waals surface area contributed by atoms with Crippen LogP contribution in [0.15, 0.2) is 65.1 Å². The summed E-state index contributed by atoms with van der Waals surface area (Å²) in [6.45, 7) is 7.17. The molecule has 3 aromatic rings. The molecule has 1 fully saturated rings. The molecule has 10 heteroatoms. The molecule has 0 spiro atoms. The second-order valence-corrected chi connectivity index (χ2v) is 10.9. The third-order valence-electron chi connectivity index (χ3n) is 6.12. The third-order valence-corrected chi connectivity index (χ3v) is 6.76. The number of amides is 2. The van der Waals surface area contributed by atoms with E-state index in [0.717, 1.165) is 43.1 Å². The molecule has 1 aliphatic rings. The Bertz CT molecular complexity index is 1340. The monoisotopic (exact) mass is 584 g/mol. The zero-order valence-corrected chi connectivity index (χ0v) is 24.1. The smallest absolute Gasteiger partial charge is 0.250 e. The van der Waals surface area contributed by atoms with Gasteiger partial charge in [0.25, 0.3) is 0 Å². The van der Waals surface area contributed by atoms with Gasteiger partial charge in [0.1, 0.15) is 11.5 Å². The molecule has 2 heterocycles. The molecule has 2 N–H and O–H groups in total. The molecule has 2 amide bonds. The molecule has 2 aromatic carbocycles. The average molecular weight is 586 g/mol. The predicted octanol–water partition coefficient (Wildman–Crippen LogP) is 6.47. The van der Waals surface area contributed by atoms with Gasteiger partial charge in [-0.15, -0.1) is 0 Å². The quantitative estimate of drug-likeness (QED) is 0.244. The maximum atomic E-state index is 12.3. The molecule has 0 aliphatic carbocycles. The number of benzene rings is 2. The summed E-state index contributed by atoms with van der Waals surface area (Å²) in [7, 11) is 0. The van der Waals surface area contributed by atoms with Crippen LogP contribution in [0.5, 0.6) is 0 Å². The highest BCUT2D eigenvalue weighted by Crippen LogP contribution is 2.29. The lowest BCUT2D eigenvalue weighted by Crippen LogP contribution is -2.49. The van der Waals surface area contributed by atoms with Gasteiger partial charge in [-0.25, -0.2) is 0 Å². The van der Waals surface area contributed by atoms with E-state index in [1.54, 1.807) is 36.4 Å². The van der Waals surface area contributed by atoms with Crippen molar-refractivity contribution in [2.75, 3.05) is 36.4 Å². The maximum Gasteiger partial charge on any atom is 0.250 e. The number of anilines is 2. The van der Waals surface area contributed by atoms with Gasteiger partial charge >= 0.3 is 0 Å². The van der Waals surface area contributed by atoms with Gasteiger partial charge in [0.2, 0.25) is 11.8 Å². The highest BCUT2D eigenvalue weighted by atomic mass is 35.5. The largest absolute Gasteiger partial charge is 0.457 e. The van der Waals surface area contributed by atoms with Crippen LogP contribution in [-0.2, 0) is 9.59 Å². The summed E-state index contributed by atoms with van der Waals surface area (Å²) in [5, 5.41) is 6.85. The Morgan fingerprint density at radius 3 is 2.31 bits per heavy atom. The normalized spacial score (nSPS) is 13.7. The Hall–Kier alpha value is -3.33. The molecule has 1 saturated heterocycles. The molecular formula is C29H30Cl2N4O3S. The number of thiocarbonyl (C=S) groups is 1. The van der Waals surface area contributed by atoms with Gasteiger partial charge in [-0.2, -0.15) is 0 Å². The molecule has 39 heavy (non-hydrogen) atoms. The van der Waals surface area contributed by atoms with Crippen molar-refractivity contribution in [1.82, 2.24) is 10.2 Å². The molecule has 0 unspecified atom stereocenters. The van der Waals surface area contributed by atoms with Crippen molar-refractivity contribution >= 4 is 69.8 Å². The van der Waals surface area contributed by atoms with Crippen LogP contribution >= 0.6 is 35.4 Å². The fraction of sp³-hybridized carbons (Fsp3) is 0.276. The first-order chi connectivity index (χ1) is 18.7. The van der Waals surface area contributed by atoms with Crippen LogP contribution in [-0.4, -0.2) is 48.0 Å². The predicted molar refractivity (Wildman–Crippen MR) is 162 cm³/mol. The number of piperazine rings is 1. The Morgan fingerprint density at radius 1 is 1.00 bits per heavy atom. The molecule has 0 atom stereocenters. The zero-order valence-electron chi connectivity index (χ0n) is 21.7. The van der Waals surface area contributed by atoms with Crippen LogP contribution in [0.4, 0.5) is 11.4 Å². The third kappa shape index (κ3) is 8.33. The fourth-order valence-corrected chi connectivity index (χ4v) is 4.96. The number of nitrogens with zero attached hydrogens (tertiary/aromatic N) is 2. The van der Waals surface area contributed by atoms with Crippen LogP contribution in [0.25, 0.3) is 17.4 Å². The van der Waals surface area contributed by atoms with Crippen molar-refractivity contribution in [3.8, 4) is 11.3 Å². The number of halogens is 2. The fourth-order valence-electron chi connectivity index (χ4n) is 4.22. The summed E-state index contributed by atoms with van der Waals surface area (Å²) >= 11 is 17.4. The van der Waals surface area contributed by atoms with Gasteiger partial charge in [-0.1, -0.05) is 37.0 Å². The van der Waals surface area contributed by atoms with Gasteiger partial charge < -0.3 is 19.5 Å². The zero-order chi connectivity index (χ0) is 27.9. The highest BCUT2D eigenvalue weighted by Gasteiger charge is 2.21. The Balaban J connectivity index is 1.24. The number of carbonyl (C=O) groups excluding carboxylic acids is 2. The minimum absolute atomic E-state index is 0.184. The van der Waals surface area contributed by atoms with E-state index < -0.39 is 5.91 Å². The standard InChI is InChI=1S/C29H30Cl2N4O3S/c1-19(2)15-28(37)35-13-11-34(12-14-35)24-5-3-23(4-6-24)32-29(39)33-27(36)10-8-25-7-9-26(38-25)20-16-21(30)18-22(31)17-20/h3-10,16-19H,11-15H2,1-2H3,(H2,32,33,36,39)/b10-8+. The van der Waals surface area contributed by atoms with Crippen molar-refractivity contribution in [3.05, 3.63) is 76.5 Å². The summed E-state index contributed by atoms with van der Waals surface area (Å²) < 4.78 is 5.77. The number of nitrogens with one attached hydrogen (secondary N) is 2. The Labute approximate surface area is 243 Å². The molecule has 204 valence electrons. The average Bonchev–Trinajstić information content (AvgIpc) is 3.36. The SMILES string of the molecule is CC(C)CC(=O)N1CCN(c2ccc(NC(=S)NC(=O)/C=C/c3ccc(-c4cc(Cl)cc(Cl)c4)o3)cc2)CC1. The van der Waals surface area contributed by atoms with E-state index in [9.17, 15) is 9.59 Å². The molecule has 0 bridgehead atoms.